The van der Waals surface area contributed by atoms with E-state index in [1.807, 2.05) is 38.1 Å². The van der Waals surface area contributed by atoms with E-state index in [0.29, 0.717) is 19.8 Å². The molecule has 0 aliphatic rings. The normalized spacial score (nSPS) is 13.5. The van der Waals surface area contributed by atoms with Gasteiger partial charge in [-0.25, -0.2) is 0 Å². The highest BCUT2D eigenvalue weighted by Gasteiger charge is 2.19. The Bertz CT molecular complexity index is 551. The van der Waals surface area contributed by atoms with Crippen molar-refractivity contribution in [1.29, 1.82) is 0 Å². The third-order valence-electron chi connectivity index (χ3n) is 4.25. The van der Waals surface area contributed by atoms with Crippen molar-refractivity contribution in [2.75, 3.05) is 32.8 Å². The molecule has 0 aromatic heterocycles. The van der Waals surface area contributed by atoms with Crippen molar-refractivity contribution in [3.05, 3.63) is 47.8 Å². The molecule has 0 bridgehead atoms. The molecule has 1 atom stereocenters. The van der Waals surface area contributed by atoms with Crippen LogP contribution in [0.4, 0.5) is 0 Å². The number of hydrogen-bond acceptors (Lipinski definition) is 5. The Morgan fingerprint density at radius 1 is 1.04 bits per heavy atom. The first-order valence-corrected chi connectivity index (χ1v) is 11.6. The van der Waals surface area contributed by atoms with Gasteiger partial charge in [-0.2, -0.15) is 0 Å². The first-order chi connectivity index (χ1) is 13.1. The predicted molar refractivity (Wildman–Crippen MR) is 112 cm³/mol. The van der Waals surface area contributed by atoms with Crippen LogP contribution in [-0.2, 0) is 25.0 Å². The molecule has 0 heterocycles. The van der Waals surface area contributed by atoms with Crippen LogP contribution in [0.2, 0.25) is 0 Å². The van der Waals surface area contributed by atoms with Crippen LogP contribution >= 0.6 is 7.60 Å². The summed E-state index contributed by atoms with van der Waals surface area (Å²) in [7, 11) is -3.11. The van der Waals surface area contributed by atoms with Gasteiger partial charge in [0.05, 0.1) is 25.9 Å². The standard InChI is InChI=1S/C21H36NO4P/c1-5-22(6-2)18-21(24-19-20-14-10-9-11-15-20)16-12-13-17-27(23,25-7-3)26-8-4/h9-11,13-15,17,21H,5-8,12,16,18-19H2,1-4H3/b17-13+. The molecule has 0 saturated carbocycles. The van der Waals surface area contributed by atoms with E-state index < -0.39 is 7.60 Å². The van der Waals surface area contributed by atoms with Crippen LogP contribution < -0.4 is 0 Å². The Balaban J connectivity index is 2.61. The summed E-state index contributed by atoms with van der Waals surface area (Å²) in [6.45, 7) is 12.2. The molecule has 1 aromatic rings. The van der Waals surface area contributed by atoms with E-state index in [2.05, 4.69) is 30.9 Å². The van der Waals surface area contributed by atoms with Crippen LogP contribution in [0.3, 0.4) is 0 Å². The van der Waals surface area contributed by atoms with Crippen LogP contribution in [0, 0.1) is 0 Å². The molecular weight excluding hydrogens is 361 g/mol. The summed E-state index contributed by atoms with van der Waals surface area (Å²) in [5.41, 5.74) is 1.18. The molecule has 0 amide bonds. The largest absolute Gasteiger partial charge is 0.372 e. The molecule has 1 unspecified atom stereocenters. The average Bonchev–Trinajstić information content (AvgIpc) is 2.68. The number of likely N-dealkylation sites (N-methyl/N-ethyl adjacent to an activating group) is 1. The minimum absolute atomic E-state index is 0.119. The molecule has 5 nitrogen and oxygen atoms in total. The highest BCUT2D eigenvalue weighted by atomic mass is 31.2. The summed E-state index contributed by atoms with van der Waals surface area (Å²) < 4.78 is 29.2. The maximum atomic E-state index is 12.5. The summed E-state index contributed by atoms with van der Waals surface area (Å²) in [6, 6.07) is 10.2. The monoisotopic (exact) mass is 397 g/mol. The molecule has 0 saturated heterocycles. The fraction of sp³-hybridized carbons (Fsp3) is 0.619. The summed E-state index contributed by atoms with van der Waals surface area (Å²) in [5.74, 6) is 1.59. The van der Waals surface area contributed by atoms with Gasteiger partial charge < -0.3 is 18.7 Å². The Morgan fingerprint density at radius 3 is 2.22 bits per heavy atom. The molecule has 154 valence electrons. The maximum Gasteiger partial charge on any atom is 0.353 e. The van der Waals surface area contributed by atoms with Crippen LogP contribution in [0.15, 0.2) is 42.2 Å². The van der Waals surface area contributed by atoms with Crippen molar-refractivity contribution in [2.24, 2.45) is 0 Å². The van der Waals surface area contributed by atoms with Crippen molar-refractivity contribution in [3.63, 3.8) is 0 Å². The van der Waals surface area contributed by atoms with Crippen LogP contribution in [0.5, 0.6) is 0 Å². The van der Waals surface area contributed by atoms with Crippen molar-refractivity contribution in [2.45, 2.75) is 53.2 Å². The second kappa shape index (κ2) is 14.1. The van der Waals surface area contributed by atoms with E-state index >= 15 is 0 Å². The molecule has 0 aliphatic carbocycles. The van der Waals surface area contributed by atoms with Crippen molar-refractivity contribution < 1.29 is 18.3 Å². The first-order valence-electron chi connectivity index (χ1n) is 10.0. The second-order valence-corrected chi connectivity index (χ2v) is 8.14. The van der Waals surface area contributed by atoms with Crippen molar-refractivity contribution in [3.8, 4) is 0 Å². The topological polar surface area (TPSA) is 48.0 Å². The van der Waals surface area contributed by atoms with Gasteiger partial charge in [-0.05, 0) is 45.3 Å². The number of allylic oxidation sites excluding steroid dienone is 1. The van der Waals surface area contributed by atoms with Crippen molar-refractivity contribution in [1.82, 2.24) is 4.90 Å². The molecule has 1 rings (SSSR count). The van der Waals surface area contributed by atoms with Gasteiger partial charge in [0.15, 0.2) is 0 Å². The zero-order chi connectivity index (χ0) is 20.0. The Labute approximate surface area is 165 Å². The van der Waals surface area contributed by atoms with Gasteiger partial charge in [-0.1, -0.05) is 50.3 Å². The second-order valence-electron chi connectivity index (χ2n) is 6.24. The average molecular weight is 397 g/mol. The maximum absolute atomic E-state index is 12.5. The molecule has 1 aromatic carbocycles. The number of rotatable bonds is 15. The molecule has 0 aliphatic heterocycles. The van der Waals surface area contributed by atoms with Crippen LogP contribution in [0.25, 0.3) is 0 Å². The number of nitrogens with zero attached hydrogens (tertiary/aromatic N) is 1. The van der Waals surface area contributed by atoms with E-state index in [4.69, 9.17) is 13.8 Å². The lowest BCUT2D eigenvalue weighted by Gasteiger charge is -2.25. The van der Waals surface area contributed by atoms with Gasteiger partial charge in [0.25, 0.3) is 0 Å². The fourth-order valence-electron chi connectivity index (χ4n) is 2.75. The van der Waals surface area contributed by atoms with E-state index in [1.54, 1.807) is 5.82 Å². The smallest absolute Gasteiger partial charge is 0.353 e. The minimum Gasteiger partial charge on any atom is -0.372 e. The first kappa shape index (κ1) is 24.1. The Kier molecular flexibility index (Phi) is 12.6. The molecule has 6 heteroatoms. The summed E-state index contributed by atoms with van der Waals surface area (Å²) in [5, 5.41) is 0. The van der Waals surface area contributed by atoms with Gasteiger partial charge in [-0.3, -0.25) is 4.57 Å². The highest BCUT2D eigenvalue weighted by molar-refractivity contribution is 7.57. The highest BCUT2D eigenvalue weighted by Crippen LogP contribution is 2.49. The quantitative estimate of drug-likeness (QED) is 0.367. The van der Waals surface area contributed by atoms with E-state index in [-0.39, 0.29) is 6.10 Å². The number of benzene rings is 1. The van der Waals surface area contributed by atoms with Crippen LogP contribution in [0.1, 0.15) is 46.1 Å². The lowest BCUT2D eigenvalue weighted by Crippen LogP contribution is -2.33. The SMILES string of the molecule is CCOP(=O)(/C=C/CCC(CN(CC)CC)OCc1ccccc1)OCC. The third kappa shape index (κ3) is 10.2. The van der Waals surface area contributed by atoms with Gasteiger partial charge in [-0.15, -0.1) is 0 Å². The summed E-state index contributed by atoms with van der Waals surface area (Å²) in [6.07, 6.45) is 3.64. The van der Waals surface area contributed by atoms with Crippen LogP contribution in [-0.4, -0.2) is 43.9 Å². The Morgan fingerprint density at radius 2 is 1.67 bits per heavy atom. The van der Waals surface area contributed by atoms with Gasteiger partial charge in [0, 0.05) is 12.4 Å². The van der Waals surface area contributed by atoms with Crippen molar-refractivity contribution >= 4 is 7.60 Å². The van der Waals surface area contributed by atoms with E-state index in [9.17, 15) is 4.57 Å². The predicted octanol–water partition coefficient (Wildman–Crippen LogP) is 5.47. The zero-order valence-electron chi connectivity index (χ0n) is 17.3. The third-order valence-corrected chi connectivity index (χ3v) is 6.06. The molecule has 0 spiro atoms. The fourth-order valence-corrected chi connectivity index (χ4v) is 4.13. The number of hydrogen-bond donors (Lipinski definition) is 0. The van der Waals surface area contributed by atoms with Gasteiger partial charge in [0.2, 0.25) is 0 Å². The lowest BCUT2D eigenvalue weighted by molar-refractivity contribution is 0.0126. The Hall–Kier alpha value is -0.970. The van der Waals surface area contributed by atoms with E-state index in [1.165, 1.54) is 5.56 Å². The summed E-state index contributed by atoms with van der Waals surface area (Å²) in [4.78, 5) is 2.37. The minimum atomic E-state index is -3.11. The van der Waals surface area contributed by atoms with E-state index in [0.717, 1.165) is 32.5 Å². The summed E-state index contributed by atoms with van der Waals surface area (Å²) >= 11 is 0. The molecule has 0 fully saturated rings. The van der Waals surface area contributed by atoms with Gasteiger partial charge in [0.1, 0.15) is 0 Å². The lowest BCUT2D eigenvalue weighted by atomic mass is 10.1. The molecule has 0 N–H and O–H groups in total. The van der Waals surface area contributed by atoms with Gasteiger partial charge >= 0.3 is 7.60 Å². The molecule has 27 heavy (non-hydrogen) atoms. The molecule has 0 radical (unpaired) electrons. The zero-order valence-corrected chi connectivity index (χ0v) is 18.2. The molecular formula is C21H36NO4P. The number of ether oxygens (including phenoxy) is 1.